The zero-order chi connectivity index (χ0) is 27.2. The van der Waals surface area contributed by atoms with Crippen LogP contribution in [0.15, 0.2) is 40.2 Å². The number of H-pyrrole nitrogens is 1. The summed E-state index contributed by atoms with van der Waals surface area (Å²) in [5.74, 6) is 0.460. The molecule has 1 saturated heterocycles. The van der Waals surface area contributed by atoms with Crippen molar-refractivity contribution < 1.29 is 18.3 Å². The second-order valence-corrected chi connectivity index (χ2v) is 12.2. The molecule has 1 fully saturated rings. The molecule has 12 nitrogen and oxygen atoms in total. The average molecular weight is 540 g/mol. The van der Waals surface area contributed by atoms with E-state index in [9.17, 15) is 28.4 Å². The van der Waals surface area contributed by atoms with Crippen LogP contribution in [0.4, 0.5) is 16.3 Å². The van der Waals surface area contributed by atoms with Gasteiger partial charge in [-0.25, -0.2) is 13.2 Å². The Morgan fingerprint density at radius 1 is 1.29 bits per heavy atom. The molecule has 0 atom stereocenters. The Morgan fingerprint density at radius 2 is 2.03 bits per heavy atom. The van der Waals surface area contributed by atoms with Crippen molar-refractivity contribution in [1.29, 1.82) is 5.26 Å². The van der Waals surface area contributed by atoms with E-state index in [1.54, 1.807) is 28.9 Å². The SMILES string of the molecule is CC(C)CN1Cc2cc(Nc3nn(C4(CC#N)CCN(C(=O)O)CC4)c4cc[nH]c(=O)c34)ccc2S1(=O)=O. The zero-order valence-corrected chi connectivity index (χ0v) is 22.0. The van der Waals surface area contributed by atoms with Crippen molar-refractivity contribution in [2.45, 2.75) is 50.1 Å². The second-order valence-electron chi connectivity index (χ2n) is 10.3. The van der Waals surface area contributed by atoms with E-state index in [-0.39, 0.29) is 48.2 Å². The van der Waals surface area contributed by atoms with Gasteiger partial charge in [0, 0.05) is 38.1 Å². The molecular weight excluding hydrogens is 510 g/mol. The Balaban J connectivity index is 1.54. The molecule has 2 aromatic heterocycles. The summed E-state index contributed by atoms with van der Waals surface area (Å²) in [6.45, 7) is 5.12. The van der Waals surface area contributed by atoms with E-state index in [0.29, 0.717) is 41.5 Å². The zero-order valence-electron chi connectivity index (χ0n) is 21.1. The smallest absolute Gasteiger partial charge is 0.407 e. The minimum absolute atomic E-state index is 0.103. The molecular formula is C25H29N7O5S. The van der Waals surface area contributed by atoms with Crippen molar-refractivity contribution in [2.24, 2.45) is 5.92 Å². The first-order valence-corrected chi connectivity index (χ1v) is 13.9. The van der Waals surface area contributed by atoms with Gasteiger partial charge in [-0.15, -0.1) is 0 Å². The predicted molar refractivity (Wildman–Crippen MR) is 140 cm³/mol. The molecule has 1 aromatic carbocycles. The Hall–Kier alpha value is -3.89. The molecule has 4 heterocycles. The molecule has 1 amide bonds. The maximum Gasteiger partial charge on any atom is 0.407 e. The van der Waals surface area contributed by atoms with Crippen molar-refractivity contribution in [3.8, 4) is 6.07 Å². The van der Waals surface area contributed by atoms with E-state index in [2.05, 4.69) is 16.4 Å². The molecule has 3 aromatic rings. The molecule has 13 heteroatoms. The number of carbonyl (C=O) groups is 1. The van der Waals surface area contributed by atoms with Crippen LogP contribution in [-0.2, 0) is 22.1 Å². The maximum absolute atomic E-state index is 12.9. The van der Waals surface area contributed by atoms with Gasteiger partial charge < -0.3 is 20.3 Å². The summed E-state index contributed by atoms with van der Waals surface area (Å²) in [7, 11) is -3.55. The number of pyridine rings is 1. The lowest BCUT2D eigenvalue weighted by molar-refractivity contribution is 0.0912. The number of piperidine rings is 1. The van der Waals surface area contributed by atoms with Crippen LogP contribution < -0.4 is 10.9 Å². The van der Waals surface area contributed by atoms with Gasteiger partial charge in [-0.2, -0.15) is 14.7 Å². The second kappa shape index (κ2) is 9.45. The van der Waals surface area contributed by atoms with Crippen LogP contribution in [0.3, 0.4) is 0 Å². The number of nitrogens with one attached hydrogen (secondary N) is 2. The topological polar surface area (TPSA) is 164 Å². The highest BCUT2D eigenvalue weighted by molar-refractivity contribution is 7.89. The highest BCUT2D eigenvalue weighted by Gasteiger charge is 2.40. The van der Waals surface area contributed by atoms with E-state index in [4.69, 9.17) is 5.10 Å². The quantitative estimate of drug-likeness (QED) is 0.430. The number of aromatic amines is 1. The highest BCUT2D eigenvalue weighted by Crippen LogP contribution is 2.38. The number of anilines is 2. The van der Waals surface area contributed by atoms with Gasteiger partial charge >= 0.3 is 6.09 Å². The molecule has 0 aliphatic carbocycles. The highest BCUT2D eigenvalue weighted by atomic mass is 32.2. The number of amides is 1. The summed E-state index contributed by atoms with van der Waals surface area (Å²) in [6.07, 6.45) is 1.36. The fraction of sp³-hybridized carbons (Fsp3) is 0.440. The first kappa shape index (κ1) is 25.7. The number of benzene rings is 1. The van der Waals surface area contributed by atoms with Gasteiger partial charge in [-0.3, -0.25) is 9.48 Å². The van der Waals surface area contributed by atoms with Gasteiger partial charge in [0.2, 0.25) is 10.0 Å². The van der Waals surface area contributed by atoms with Crippen LogP contribution >= 0.6 is 0 Å². The fourth-order valence-corrected chi connectivity index (χ4v) is 7.18. The summed E-state index contributed by atoms with van der Waals surface area (Å²) in [6, 6.07) is 8.90. The molecule has 5 rings (SSSR count). The van der Waals surface area contributed by atoms with Crippen molar-refractivity contribution in [3.05, 3.63) is 46.4 Å². The van der Waals surface area contributed by atoms with Crippen LogP contribution in [0.2, 0.25) is 0 Å². The van der Waals surface area contributed by atoms with Crippen molar-refractivity contribution >= 4 is 38.5 Å². The first-order chi connectivity index (χ1) is 18.1. The lowest BCUT2D eigenvalue weighted by atomic mass is 9.85. The summed E-state index contributed by atoms with van der Waals surface area (Å²) in [5, 5.41) is 27.3. The number of rotatable bonds is 6. The standard InChI is InChI=1S/C25H29N7O5S/c1-16(2)14-31-15-17-13-18(3-4-20(17)38(31,36)37)28-22-21-19(5-10-27-23(21)33)32(29-22)25(6-9-26)7-11-30(12-8-25)24(34)35/h3-5,10,13,16H,6-8,11-12,14-15H2,1-2H3,(H,27,33)(H,28,29)(H,34,35). The molecule has 3 N–H and O–H groups in total. The lowest BCUT2D eigenvalue weighted by Gasteiger charge is -2.40. The number of nitrogens with zero attached hydrogens (tertiary/aromatic N) is 5. The number of fused-ring (bicyclic) bond motifs is 2. The van der Waals surface area contributed by atoms with E-state index in [1.165, 1.54) is 15.4 Å². The molecule has 38 heavy (non-hydrogen) atoms. The molecule has 0 unspecified atom stereocenters. The average Bonchev–Trinajstić information content (AvgIpc) is 3.35. The number of carboxylic acid groups (broad SMARTS) is 1. The van der Waals surface area contributed by atoms with Gasteiger partial charge in [-0.05, 0) is 48.6 Å². The van der Waals surface area contributed by atoms with Crippen molar-refractivity contribution in [3.63, 3.8) is 0 Å². The number of likely N-dealkylation sites (tertiary alicyclic amines) is 1. The summed E-state index contributed by atoms with van der Waals surface area (Å²) in [5.41, 5.74) is 0.626. The third kappa shape index (κ3) is 4.29. The Bertz CT molecular complexity index is 1610. The normalized spacial score (nSPS) is 18.4. The molecule has 2 aliphatic heterocycles. The van der Waals surface area contributed by atoms with Crippen molar-refractivity contribution in [1.82, 2.24) is 24.0 Å². The van der Waals surface area contributed by atoms with E-state index >= 15 is 0 Å². The van der Waals surface area contributed by atoms with Gasteiger partial charge in [0.15, 0.2) is 5.82 Å². The van der Waals surface area contributed by atoms with Crippen LogP contribution in [0.25, 0.3) is 10.9 Å². The molecule has 0 saturated carbocycles. The van der Waals surface area contributed by atoms with Crippen LogP contribution in [0.1, 0.15) is 38.7 Å². The largest absolute Gasteiger partial charge is 0.465 e. The van der Waals surface area contributed by atoms with Gasteiger partial charge in [-0.1, -0.05) is 13.8 Å². The Morgan fingerprint density at radius 3 is 2.68 bits per heavy atom. The predicted octanol–water partition coefficient (Wildman–Crippen LogP) is 3.01. The minimum atomic E-state index is -3.55. The lowest BCUT2D eigenvalue weighted by Crippen LogP contribution is -2.48. The molecule has 2 aliphatic rings. The third-order valence-electron chi connectivity index (χ3n) is 7.28. The van der Waals surface area contributed by atoms with Crippen molar-refractivity contribution in [2.75, 3.05) is 25.0 Å². The number of nitriles is 1. The number of aromatic nitrogens is 3. The van der Waals surface area contributed by atoms with Crippen LogP contribution in [0.5, 0.6) is 0 Å². The third-order valence-corrected chi connectivity index (χ3v) is 9.19. The molecule has 200 valence electrons. The van der Waals surface area contributed by atoms with Crippen LogP contribution in [-0.4, -0.2) is 63.2 Å². The summed E-state index contributed by atoms with van der Waals surface area (Å²) < 4.78 is 29.0. The van der Waals surface area contributed by atoms with Gasteiger partial charge in [0.1, 0.15) is 5.39 Å². The number of hydrogen-bond acceptors (Lipinski definition) is 7. The fourth-order valence-electron chi connectivity index (χ4n) is 5.40. The van der Waals surface area contributed by atoms with E-state index in [1.807, 2.05) is 13.8 Å². The van der Waals surface area contributed by atoms with Gasteiger partial charge in [0.05, 0.1) is 28.4 Å². The first-order valence-electron chi connectivity index (χ1n) is 12.4. The molecule has 0 radical (unpaired) electrons. The minimum Gasteiger partial charge on any atom is -0.465 e. The number of hydrogen-bond donors (Lipinski definition) is 3. The Kier molecular flexibility index (Phi) is 6.40. The van der Waals surface area contributed by atoms with Crippen LogP contribution in [0, 0.1) is 17.2 Å². The van der Waals surface area contributed by atoms with E-state index < -0.39 is 21.7 Å². The van der Waals surface area contributed by atoms with E-state index in [0.717, 1.165) is 0 Å². The number of sulfonamides is 1. The Labute approximate surface area is 219 Å². The maximum atomic E-state index is 12.9. The van der Waals surface area contributed by atoms with Gasteiger partial charge in [0.25, 0.3) is 5.56 Å². The monoisotopic (exact) mass is 539 g/mol. The summed E-state index contributed by atoms with van der Waals surface area (Å²) in [4.78, 5) is 28.6. The summed E-state index contributed by atoms with van der Waals surface area (Å²) >= 11 is 0. The molecule has 0 bridgehead atoms. The molecule has 0 spiro atoms.